The maximum absolute atomic E-state index is 11.5. The Morgan fingerprint density at radius 1 is 1.04 bits per heavy atom. The van der Waals surface area contributed by atoms with Gasteiger partial charge in [0.1, 0.15) is 5.82 Å². The number of carbonyl (C=O) groups is 1. The van der Waals surface area contributed by atoms with Gasteiger partial charge >= 0.3 is 0 Å². The molecule has 4 nitrogen and oxygen atoms in total. The van der Waals surface area contributed by atoms with E-state index >= 15 is 0 Å². The zero-order valence-corrected chi connectivity index (χ0v) is 15.7. The van der Waals surface area contributed by atoms with E-state index in [1.165, 1.54) is 10.5 Å². The average Bonchev–Trinajstić information content (AvgIpc) is 3.05. The quantitative estimate of drug-likeness (QED) is 0.515. The maximum atomic E-state index is 11.5. The highest BCUT2D eigenvalue weighted by atomic mass is 32.2. The fourth-order valence-corrected chi connectivity index (χ4v) is 3.87. The smallest absolute Gasteiger partial charge is 0.248 e. The molecule has 3 aromatic carbocycles. The van der Waals surface area contributed by atoms with Crippen molar-refractivity contribution < 1.29 is 4.79 Å². The summed E-state index contributed by atoms with van der Waals surface area (Å²) in [7, 11) is 0. The number of benzene rings is 3. The molecule has 0 aliphatic rings. The minimum atomic E-state index is -0.443. The van der Waals surface area contributed by atoms with Crippen molar-refractivity contribution in [2.24, 2.45) is 5.73 Å². The molecule has 2 N–H and O–H groups in total. The summed E-state index contributed by atoms with van der Waals surface area (Å²) in [5.41, 5.74) is 9.91. The van der Waals surface area contributed by atoms with Gasteiger partial charge in [-0.1, -0.05) is 35.9 Å². The lowest BCUT2D eigenvalue weighted by Gasteiger charge is -2.10. The van der Waals surface area contributed by atoms with Crippen molar-refractivity contribution in [3.8, 4) is 5.69 Å². The highest BCUT2D eigenvalue weighted by molar-refractivity contribution is 7.98. The summed E-state index contributed by atoms with van der Waals surface area (Å²) in [6.45, 7) is 2.07. The molecule has 0 spiro atoms. The molecule has 0 aliphatic carbocycles. The average molecular weight is 373 g/mol. The highest BCUT2D eigenvalue weighted by Gasteiger charge is 2.14. The molecular weight excluding hydrogens is 354 g/mol. The molecular formula is C22H19N3OS. The first-order valence-corrected chi connectivity index (χ1v) is 9.66. The summed E-state index contributed by atoms with van der Waals surface area (Å²) in [4.78, 5) is 17.5. The first kappa shape index (κ1) is 17.4. The van der Waals surface area contributed by atoms with Crippen LogP contribution in [0.15, 0.2) is 77.7 Å². The van der Waals surface area contributed by atoms with Gasteiger partial charge in [0.05, 0.1) is 16.8 Å². The number of aryl methyl sites for hydroxylation is 1. The van der Waals surface area contributed by atoms with Crippen LogP contribution in [-0.2, 0) is 5.75 Å². The monoisotopic (exact) mass is 373 g/mol. The lowest BCUT2D eigenvalue weighted by atomic mass is 10.2. The van der Waals surface area contributed by atoms with Crippen LogP contribution in [0.2, 0.25) is 0 Å². The van der Waals surface area contributed by atoms with Gasteiger partial charge in [-0.15, -0.1) is 11.8 Å². The molecule has 0 radical (unpaired) electrons. The third-order valence-electron chi connectivity index (χ3n) is 4.41. The standard InChI is InChI=1S/C22H19N3OS/c1-15-7-10-17(11-8-15)25-20-12-9-16(22(23)26)13-19(20)24-21(25)14-27-18-5-3-2-4-6-18/h2-13H,14H2,1H3,(H2,23,26). The van der Waals surface area contributed by atoms with Crippen molar-refractivity contribution in [3.63, 3.8) is 0 Å². The van der Waals surface area contributed by atoms with Crippen LogP contribution >= 0.6 is 11.8 Å². The van der Waals surface area contributed by atoms with Gasteiger partial charge in [-0.2, -0.15) is 0 Å². The van der Waals surface area contributed by atoms with Crippen molar-refractivity contribution in [3.05, 3.63) is 89.7 Å². The Labute approximate surface area is 162 Å². The van der Waals surface area contributed by atoms with Crippen molar-refractivity contribution >= 4 is 28.7 Å². The van der Waals surface area contributed by atoms with Crippen LogP contribution in [0.1, 0.15) is 21.7 Å². The van der Waals surface area contributed by atoms with E-state index in [1.54, 1.807) is 23.9 Å². The number of rotatable bonds is 5. The fraction of sp³-hybridized carbons (Fsp3) is 0.0909. The second-order valence-electron chi connectivity index (χ2n) is 6.37. The summed E-state index contributed by atoms with van der Waals surface area (Å²) >= 11 is 1.74. The SMILES string of the molecule is Cc1ccc(-n2c(CSc3ccccc3)nc3cc(C(N)=O)ccc32)cc1. The molecule has 1 heterocycles. The number of nitrogens with zero attached hydrogens (tertiary/aromatic N) is 2. The van der Waals surface area contributed by atoms with E-state index in [1.807, 2.05) is 24.3 Å². The van der Waals surface area contributed by atoms with E-state index in [0.717, 1.165) is 28.3 Å². The minimum absolute atomic E-state index is 0.443. The van der Waals surface area contributed by atoms with E-state index in [2.05, 4.69) is 47.9 Å². The third-order valence-corrected chi connectivity index (χ3v) is 5.42. The van der Waals surface area contributed by atoms with Crippen LogP contribution in [0, 0.1) is 6.92 Å². The first-order valence-electron chi connectivity index (χ1n) is 8.68. The molecule has 1 amide bonds. The molecule has 0 bridgehead atoms. The Hall–Kier alpha value is -3.05. The van der Waals surface area contributed by atoms with Crippen LogP contribution in [0.4, 0.5) is 0 Å². The zero-order chi connectivity index (χ0) is 18.8. The van der Waals surface area contributed by atoms with E-state index in [-0.39, 0.29) is 0 Å². The zero-order valence-electron chi connectivity index (χ0n) is 14.9. The fourth-order valence-electron chi connectivity index (χ4n) is 3.03. The van der Waals surface area contributed by atoms with Crippen LogP contribution in [0.25, 0.3) is 16.7 Å². The van der Waals surface area contributed by atoms with E-state index in [9.17, 15) is 4.79 Å². The molecule has 5 heteroatoms. The van der Waals surface area contributed by atoms with E-state index < -0.39 is 5.91 Å². The summed E-state index contributed by atoms with van der Waals surface area (Å²) < 4.78 is 2.15. The highest BCUT2D eigenvalue weighted by Crippen LogP contribution is 2.28. The van der Waals surface area contributed by atoms with Crippen LogP contribution < -0.4 is 5.73 Å². The van der Waals surface area contributed by atoms with Crippen molar-refractivity contribution in [2.75, 3.05) is 0 Å². The number of primary amides is 1. The van der Waals surface area contributed by atoms with Crippen molar-refractivity contribution in [1.29, 1.82) is 0 Å². The van der Waals surface area contributed by atoms with Crippen molar-refractivity contribution in [1.82, 2.24) is 9.55 Å². The molecule has 0 saturated carbocycles. The molecule has 0 saturated heterocycles. The van der Waals surface area contributed by atoms with Gasteiger partial charge in [0.25, 0.3) is 0 Å². The molecule has 0 atom stereocenters. The molecule has 0 fully saturated rings. The predicted molar refractivity (Wildman–Crippen MR) is 110 cm³/mol. The second kappa shape index (κ2) is 7.29. The molecule has 4 aromatic rings. The summed E-state index contributed by atoms with van der Waals surface area (Å²) in [6.07, 6.45) is 0. The van der Waals surface area contributed by atoms with Gasteiger partial charge in [-0.25, -0.2) is 4.98 Å². The van der Waals surface area contributed by atoms with Gasteiger partial charge in [0.2, 0.25) is 5.91 Å². The summed E-state index contributed by atoms with van der Waals surface area (Å²) in [5.74, 6) is 1.21. The first-order chi connectivity index (χ1) is 13.1. The maximum Gasteiger partial charge on any atom is 0.248 e. The number of aromatic nitrogens is 2. The Balaban J connectivity index is 1.80. The number of amides is 1. The number of carbonyl (C=O) groups excluding carboxylic acids is 1. The van der Waals surface area contributed by atoms with E-state index in [4.69, 9.17) is 10.7 Å². The Kier molecular flexibility index (Phi) is 4.69. The van der Waals surface area contributed by atoms with Crippen LogP contribution in [0.5, 0.6) is 0 Å². The Morgan fingerprint density at radius 2 is 1.78 bits per heavy atom. The number of fused-ring (bicyclic) bond motifs is 1. The number of hydrogen-bond donors (Lipinski definition) is 1. The molecule has 0 unspecified atom stereocenters. The minimum Gasteiger partial charge on any atom is -0.366 e. The lowest BCUT2D eigenvalue weighted by molar-refractivity contribution is 0.100. The topological polar surface area (TPSA) is 60.9 Å². The number of thioether (sulfide) groups is 1. The molecule has 27 heavy (non-hydrogen) atoms. The normalized spacial score (nSPS) is 11.0. The molecule has 0 aliphatic heterocycles. The molecule has 1 aromatic heterocycles. The lowest BCUT2D eigenvalue weighted by Crippen LogP contribution is -2.10. The third kappa shape index (κ3) is 3.59. The number of hydrogen-bond acceptors (Lipinski definition) is 3. The van der Waals surface area contributed by atoms with Gasteiger partial charge in [-0.05, 0) is 49.4 Å². The van der Waals surface area contributed by atoms with Crippen molar-refractivity contribution in [2.45, 2.75) is 17.6 Å². The predicted octanol–water partition coefficient (Wildman–Crippen LogP) is 4.73. The van der Waals surface area contributed by atoms with Gasteiger partial charge in [-0.3, -0.25) is 9.36 Å². The Morgan fingerprint density at radius 3 is 2.48 bits per heavy atom. The molecule has 134 valence electrons. The molecule has 4 rings (SSSR count). The van der Waals surface area contributed by atoms with E-state index in [0.29, 0.717) is 5.56 Å². The number of imidazole rings is 1. The Bertz CT molecular complexity index is 1100. The van der Waals surface area contributed by atoms with Gasteiger partial charge < -0.3 is 5.73 Å². The van der Waals surface area contributed by atoms with Crippen LogP contribution in [0.3, 0.4) is 0 Å². The number of nitrogens with two attached hydrogens (primary N) is 1. The summed E-state index contributed by atoms with van der Waals surface area (Å²) in [6, 6.07) is 24.1. The van der Waals surface area contributed by atoms with Crippen LogP contribution in [-0.4, -0.2) is 15.5 Å². The summed E-state index contributed by atoms with van der Waals surface area (Å²) in [5, 5.41) is 0. The largest absolute Gasteiger partial charge is 0.366 e. The van der Waals surface area contributed by atoms with Gasteiger partial charge in [0.15, 0.2) is 0 Å². The second-order valence-corrected chi connectivity index (χ2v) is 7.42. The van der Waals surface area contributed by atoms with Gasteiger partial charge in [0, 0.05) is 16.1 Å².